The second-order valence-corrected chi connectivity index (χ2v) is 53.2. The molecule has 0 amide bonds. The van der Waals surface area contributed by atoms with Gasteiger partial charge in [-0.25, -0.2) is 44.1 Å². The lowest BCUT2D eigenvalue weighted by Gasteiger charge is -2.36. The SMILES string of the molecule is CC[C@H]1O[C@@H](n2cc(C)c(=O)[nH]c2=O)CC1OP([O-])(=S)OC[C@H]1O[C@@H](n2cnc3c(N)ncnc32)CC1OP(=O)([S-])OC[C@H]1O[C@@H](n2cnc3c(=O)[nH]c(N)nc32)CC1OP([O-])(=S)OC[C@H]1O[C@@H](n2cc(C)c(=O)[nH]c2=O)CC1OP([O-])(=S)OC[C@H]1O[C@@H](n2cc(C)c(=O)[nH]c2=O)CC1OP([O-])(=S)OC[C@H]1O[C@@H](n2cnc3c(=O)[nH]c(N)nc32)CC1OP([O-])(=S)OC[C@H]1O[C@@H](n2cc(C)c(N)nc2=O)CC1OP([O-])(=S)OC. The first kappa shape index (κ1) is 111. The number of nitrogens with zero attached hydrogens (tertiary/aromatic N) is 15. The Morgan fingerprint density at radius 3 is 0.986 bits per heavy atom. The summed E-state index contributed by atoms with van der Waals surface area (Å²) in [6, 6.07) is 0. The van der Waals surface area contributed by atoms with Crippen LogP contribution in [0.15, 0.2) is 93.2 Å². The van der Waals surface area contributed by atoms with Gasteiger partial charge >= 0.3 is 22.8 Å². The van der Waals surface area contributed by atoms with E-state index in [4.69, 9.17) is 203 Å². The molecule has 10 aromatic heterocycles. The summed E-state index contributed by atoms with van der Waals surface area (Å²) in [6.07, 6.45) is -21.4. The average molecular weight is 2320 g/mol. The molecule has 61 nitrogen and oxygen atoms in total. The molecular weight excluding hydrogens is 2230 g/mol. The molecule has 0 saturated carbocycles. The molecule has 0 bridgehead atoms. The summed E-state index contributed by atoms with van der Waals surface area (Å²) in [4.78, 5) is 248. The van der Waals surface area contributed by atoms with Crippen LogP contribution in [-0.4, -0.2) is 229 Å². The van der Waals surface area contributed by atoms with E-state index < -0.39 is 286 Å². The molecule has 13 N–H and O–H groups in total. The van der Waals surface area contributed by atoms with Crippen molar-refractivity contribution in [2.24, 2.45) is 0 Å². The standard InChI is InChI=1S/C72H95N24O37P7S7/c1-7-33-34(8-47(120-33)91-16-30(3)62(97)87-70(91)103)128-135(107,142)114-22-44-38(12-51(124-44)94-26-79-54-58(74)77-25-78-59(54)94)131-140(112,147)119-24-46-40(14-53(126-46)96-28-81-56-61(96)84-68(76)86-66(56)101)133-139(111,146)117-21-43-36(10-49(123-43)92-17-31(4)63(98)88-71(92)104)129-136(108,143)116-20-42-37(11-50(122-42)93-18-32(5)64(99)89-72(93)105)130-137(109,144)118-23-45-39(13-52(125-45)95-27-80-55-60(95)83-67(75)85-65(55)100)132-138(110,145)115-19-41-35(127-134(106,141)113-6)9-48(121-41)90-15-29(2)57(73)82-69(90)102/h15-18,25-28,33-53H,7-14,19-24H2,1-6H3,(H,106,141)(H,107,142)(H,108,143)(H,109,144)(H,110,145)(H,111,146)(H,112,147)(H2,73,82,102)(H2,74,77,78)(H,87,97,103)(H,88,98,104)(H,89,99,105)(H3,75,83,85,100)(H3,76,84,86,101)/p-7/t33-,34?,35?,36?,37?,38?,39?,40?,41-,42-,43-,44-,45-,46-,47-,48-,49-,50-,51-,52-,53-,134?,135?,136?,137?,138?,139?,140?/m1/s1. The molecule has 7 aliphatic rings. The predicted molar refractivity (Wildman–Crippen MR) is 518 cm³/mol. The molecule has 7 fully saturated rings. The molecule has 0 spiro atoms. The van der Waals surface area contributed by atoms with Gasteiger partial charge in [0.15, 0.2) is 40.6 Å². The van der Waals surface area contributed by atoms with Crippen LogP contribution >= 0.6 is 47.1 Å². The number of ether oxygens (including phenoxy) is 7. The summed E-state index contributed by atoms with van der Waals surface area (Å²) < 4.78 is 149. The normalized spacial score (nSPS) is 29.4. The lowest BCUT2D eigenvalue weighted by atomic mass is 10.1. The summed E-state index contributed by atoms with van der Waals surface area (Å²) in [7, 11) is 1.02. The van der Waals surface area contributed by atoms with Crippen LogP contribution in [-0.2, 0) is 184 Å². The van der Waals surface area contributed by atoms with Crippen LogP contribution in [0.25, 0.3) is 33.5 Å². The Kier molecular flexibility index (Phi) is 33.4. The zero-order valence-electron chi connectivity index (χ0n) is 76.8. The van der Waals surface area contributed by atoms with Gasteiger partial charge in [0.2, 0.25) is 11.9 Å². The van der Waals surface area contributed by atoms with E-state index in [9.17, 15) is 72.2 Å². The van der Waals surface area contributed by atoms with E-state index in [1.807, 2.05) is 0 Å². The molecule has 14 unspecified atom stereocenters. The minimum Gasteiger partial charge on any atom is -0.780 e. The van der Waals surface area contributed by atoms with Gasteiger partial charge in [0.1, 0.15) is 138 Å². The van der Waals surface area contributed by atoms with Gasteiger partial charge in [-0.3, -0.25) is 85.4 Å². The highest BCUT2D eigenvalue weighted by atomic mass is 32.7. The Hall–Kier alpha value is -7.23. The van der Waals surface area contributed by atoms with Gasteiger partial charge in [-0.1, -0.05) is 77.8 Å². The lowest BCUT2D eigenvalue weighted by Crippen LogP contribution is -2.34. The highest BCUT2D eigenvalue weighted by Gasteiger charge is 2.50. The molecule has 17 rings (SSSR count). The van der Waals surface area contributed by atoms with E-state index in [1.165, 1.54) is 53.2 Å². The van der Waals surface area contributed by atoms with Gasteiger partial charge in [0.05, 0.1) is 107 Å². The van der Waals surface area contributed by atoms with Crippen LogP contribution in [0, 0.1) is 27.7 Å². The van der Waals surface area contributed by atoms with Crippen LogP contribution in [0.5, 0.6) is 0 Å². The number of imidazole rings is 3. The molecular formula is C72H88N24O37P7S7-7. The number of nitrogens with two attached hydrogens (primary N) is 4. The van der Waals surface area contributed by atoms with E-state index in [0.717, 1.165) is 56.8 Å². The minimum atomic E-state index is -5.10. The number of aromatic nitrogens is 20. The number of fused-ring (bicyclic) bond motifs is 3. The third-order valence-corrected chi connectivity index (χ3v) is 35.3. The Morgan fingerprint density at radius 2 is 0.646 bits per heavy atom. The van der Waals surface area contributed by atoms with Crippen molar-refractivity contribution in [3.8, 4) is 0 Å². The number of aromatic amines is 5. The maximum atomic E-state index is 15.0. The first-order chi connectivity index (χ1) is 69.2. The fourth-order valence-electron chi connectivity index (χ4n) is 17.1. The average Bonchev–Trinajstić information content (AvgIpc) is 1.63. The summed E-state index contributed by atoms with van der Waals surface area (Å²) in [5.41, 5.74) is 16.7. The summed E-state index contributed by atoms with van der Waals surface area (Å²) >= 11 is 38.0. The van der Waals surface area contributed by atoms with Crippen molar-refractivity contribution in [3.05, 3.63) is 166 Å². The van der Waals surface area contributed by atoms with Gasteiger partial charge in [0, 0.05) is 99.1 Å². The molecule has 28 atom stereocenters. The van der Waals surface area contributed by atoms with Crippen LogP contribution in [0.3, 0.4) is 0 Å². The maximum absolute atomic E-state index is 15.0. The second-order valence-electron chi connectivity index (χ2n) is 34.1. The number of rotatable bonds is 41. The van der Waals surface area contributed by atoms with Gasteiger partial charge in [-0.05, 0) is 34.1 Å². The molecule has 10 aromatic rings. The largest absolute Gasteiger partial charge is 0.780 e. The molecule has 802 valence electrons. The van der Waals surface area contributed by atoms with Crippen molar-refractivity contribution < 1.29 is 130 Å². The number of nitrogens with one attached hydrogen (secondary N) is 5. The van der Waals surface area contributed by atoms with Crippen LogP contribution in [0.4, 0.5) is 23.5 Å². The molecule has 0 aromatic carbocycles. The Morgan fingerprint density at radius 1 is 0.361 bits per heavy atom. The number of hydrogen-bond acceptors (Lipinski definition) is 56. The fourth-order valence-corrected chi connectivity index (χ4v) is 26.8. The third-order valence-electron chi connectivity index (χ3n) is 24.2. The predicted octanol–water partition coefficient (Wildman–Crippen LogP) is -3.41. The van der Waals surface area contributed by atoms with Gasteiger partial charge in [-0.2, -0.15) is 15.0 Å². The number of H-pyrrole nitrogens is 5. The first-order valence-electron chi connectivity index (χ1n) is 43.9. The zero-order chi connectivity index (χ0) is 106. The van der Waals surface area contributed by atoms with Crippen molar-refractivity contribution in [3.63, 3.8) is 0 Å². The van der Waals surface area contributed by atoms with E-state index in [2.05, 4.69) is 64.8 Å². The first-order valence-corrected chi connectivity index (χ1v) is 61.8. The highest BCUT2D eigenvalue weighted by molar-refractivity contribution is 8.32. The highest BCUT2D eigenvalue weighted by Crippen LogP contribution is 2.57. The van der Waals surface area contributed by atoms with Crippen molar-refractivity contribution in [1.29, 1.82) is 0 Å². The minimum absolute atomic E-state index is 0.00331. The van der Waals surface area contributed by atoms with Crippen LogP contribution in [0.1, 0.15) is 124 Å². The lowest BCUT2D eigenvalue weighted by molar-refractivity contribution is -0.221. The van der Waals surface area contributed by atoms with Crippen LogP contribution in [0.2, 0.25) is 0 Å². The van der Waals surface area contributed by atoms with E-state index in [1.54, 1.807) is 13.8 Å². The molecule has 147 heavy (non-hydrogen) atoms. The Balaban J connectivity index is 0.587. The molecule has 75 heteroatoms. The molecule has 7 aliphatic heterocycles. The maximum Gasteiger partial charge on any atom is 0.351 e. The Bertz CT molecular complexity index is 7670. The third kappa shape index (κ3) is 25.7. The monoisotopic (exact) mass is 2320 g/mol. The van der Waals surface area contributed by atoms with Gasteiger partial charge in [0.25, 0.3) is 27.8 Å². The summed E-state index contributed by atoms with van der Waals surface area (Å²) in [5, 5.41) is 0. The smallest absolute Gasteiger partial charge is 0.351 e. The molecule has 17 heterocycles. The van der Waals surface area contributed by atoms with Gasteiger partial charge in [-0.15, -0.1) is 0 Å². The van der Waals surface area contributed by atoms with Crippen molar-refractivity contribution in [1.82, 2.24) is 96.8 Å². The van der Waals surface area contributed by atoms with E-state index in [0.29, 0.717) is 5.56 Å². The van der Waals surface area contributed by atoms with Crippen molar-refractivity contribution >= 4 is 187 Å². The molecule has 0 radical (unpaired) electrons. The number of aryl methyl sites for hydroxylation is 4. The van der Waals surface area contributed by atoms with Crippen molar-refractivity contribution in [2.75, 3.05) is 69.7 Å². The van der Waals surface area contributed by atoms with E-state index in [-0.39, 0.29) is 106 Å². The van der Waals surface area contributed by atoms with Crippen molar-refractivity contribution in [2.45, 2.75) is 215 Å². The molecule has 7 saturated heterocycles. The van der Waals surface area contributed by atoms with Gasteiger partial charge < -0.3 is 161 Å². The summed E-state index contributed by atoms with van der Waals surface area (Å²) in [5.74, 6) is -0.775. The topological polar surface area (TPSA) is 824 Å². The fraction of sp³-hybridized carbons (Fsp3) is 0.569. The second kappa shape index (κ2) is 44.3. The number of nitrogen functional groups attached to an aromatic ring is 4. The van der Waals surface area contributed by atoms with E-state index >= 15 is 4.89 Å². The van der Waals surface area contributed by atoms with Crippen LogP contribution < -0.4 is 103 Å². The summed E-state index contributed by atoms with van der Waals surface area (Å²) in [6.45, 7) is -31.5. The quantitative estimate of drug-likeness (QED) is 0.0133. The molecule has 0 aliphatic carbocycles. The Labute approximate surface area is 859 Å². The number of hydrogen-bond donors (Lipinski definition) is 9. The zero-order valence-corrected chi connectivity index (χ0v) is 88.7. The number of anilines is 4.